The van der Waals surface area contributed by atoms with Crippen molar-refractivity contribution in [2.45, 2.75) is 39.2 Å². The van der Waals surface area contributed by atoms with E-state index in [0.717, 1.165) is 33.2 Å². The predicted octanol–water partition coefficient (Wildman–Crippen LogP) is 5.08. The van der Waals surface area contributed by atoms with E-state index in [9.17, 15) is 19.5 Å². The van der Waals surface area contributed by atoms with E-state index in [1.807, 2.05) is 56.5 Å². The first kappa shape index (κ1) is 24.6. The van der Waals surface area contributed by atoms with Gasteiger partial charge in [0.25, 0.3) is 0 Å². The average Bonchev–Trinajstić information content (AvgIpc) is 3.15. The third-order valence-electron chi connectivity index (χ3n) is 6.18. The molecule has 0 aliphatic carbocycles. The van der Waals surface area contributed by atoms with Crippen molar-refractivity contribution in [3.8, 4) is 11.1 Å². The molecular formula is C27H27NO6S. The van der Waals surface area contributed by atoms with Gasteiger partial charge in [0.15, 0.2) is 0 Å². The molecule has 8 heteroatoms. The number of hydrogen-bond acceptors (Lipinski definition) is 6. The van der Waals surface area contributed by atoms with E-state index in [-0.39, 0.29) is 12.8 Å². The van der Waals surface area contributed by atoms with Crippen LogP contribution in [0.15, 0.2) is 56.1 Å². The second-order valence-electron chi connectivity index (χ2n) is 8.48. The number of amides is 1. The Morgan fingerprint density at radius 3 is 2.46 bits per heavy atom. The van der Waals surface area contributed by atoms with E-state index in [4.69, 9.17) is 8.83 Å². The first-order chi connectivity index (χ1) is 16.8. The Kier molecular flexibility index (Phi) is 7.31. The number of benzene rings is 2. The molecule has 4 aromatic rings. The Labute approximate surface area is 206 Å². The van der Waals surface area contributed by atoms with E-state index < -0.39 is 23.5 Å². The number of carbonyl (C=O) groups is 2. The van der Waals surface area contributed by atoms with Crippen molar-refractivity contribution in [2.75, 3.05) is 12.0 Å². The highest BCUT2D eigenvalue weighted by Crippen LogP contribution is 2.37. The average molecular weight is 494 g/mol. The zero-order valence-corrected chi connectivity index (χ0v) is 20.7. The number of carbonyl (C=O) groups excluding carboxylic acids is 1. The van der Waals surface area contributed by atoms with Crippen molar-refractivity contribution < 1.29 is 23.5 Å². The van der Waals surface area contributed by atoms with Crippen LogP contribution in [0.4, 0.5) is 0 Å². The van der Waals surface area contributed by atoms with Gasteiger partial charge >= 0.3 is 11.6 Å². The number of rotatable bonds is 9. The Morgan fingerprint density at radius 2 is 1.77 bits per heavy atom. The fraction of sp³-hybridized carbons (Fsp3) is 0.296. The second kappa shape index (κ2) is 10.4. The Balaban J connectivity index is 1.65. The molecule has 0 fully saturated rings. The van der Waals surface area contributed by atoms with Gasteiger partial charge in [-0.25, -0.2) is 9.59 Å². The lowest BCUT2D eigenvalue weighted by molar-refractivity contribution is -0.141. The minimum Gasteiger partial charge on any atom is -0.480 e. The smallest absolute Gasteiger partial charge is 0.339 e. The molecular weight excluding hydrogens is 466 g/mol. The molecule has 4 rings (SSSR count). The third kappa shape index (κ3) is 5.12. The minimum absolute atomic E-state index is 0.0114. The molecule has 0 bridgehead atoms. The van der Waals surface area contributed by atoms with Crippen molar-refractivity contribution in [3.05, 3.63) is 69.8 Å². The molecule has 1 amide bonds. The first-order valence-corrected chi connectivity index (χ1v) is 12.8. The quantitative estimate of drug-likeness (QED) is 0.313. The van der Waals surface area contributed by atoms with Gasteiger partial charge in [0.05, 0.1) is 0 Å². The summed E-state index contributed by atoms with van der Waals surface area (Å²) in [5.74, 6) is -0.0858. The summed E-state index contributed by atoms with van der Waals surface area (Å²) in [7, 11) is 0. The normalized spacial score (nSPS) is 12.2. The topological polar surface area (TPSA) is 110 Å². The number of nitrogens with one attached hydrogen (secondary N) is 1. The van der Waals surface area contributed by atoms with Gasteiger partial charge in [-0.05, 0) is 55.9 Å². The van der Waals surface area contributed by atoms with Gasteiger partial charge in [0.1, 0.15) is 23.0 Å². The van der Waals surface area contributed by atoms with Crippen LogP contribution in [-0.2, 0) is 16.0 Å². The molecule has 0 spiro atoms. The van der Waals surface area contributed by atoms with Gasteiger partial charge < -0.3 is 19.3 Å². The van der Waals surface area contributed by atoms with Crippen molar-refractivity contribution in [1.82, 2.24) is 5.32 Å². The maximum Gasteiger partial charge on any atom is 0.339 e. The molecule has 35 heavy (non-hydrogen) atoms. The summed E-state index contributed by atoms with van der Waals surface area (Å²) in [6.07, 6.45) is 2.36. The molecule has 7 nitrogen and oxygen atoms in total. The highest BCUT2D eigenvalue weighted by molar-refractivity contribution is 7.98. The van der Waals surface area contributed by atoms with Gasteiger partial charge in [-0.15, -0.1) is 0 Å². The minimum atomic E-state index is -1.07. The van der Waals surface area contributed by atoms with Crippen molar-refractivity contribution in [3.63, 3.8) is 0 Å². The Hall–Kier alpha value is -3.52. The molecule has 0 radical (unpaired) electrons. The lowest BCUT2D eigenvalue weighted by Gasteiger charge is -2.14. The number of carboxylic acids is 1. The summed E-state index contributed by atoms with van der Waals surface area (Å²) in [4.78, 5) is 36.6. The van der Waals surface area contributed by atoms with Crippen LogP contribution >= 0.6 is 11.8 Å². The van der Waals surface area contributed by atoms with Crippen LogP contribution in [0.2, 0.25) is 0 Å². The summed E-state index contributed by atoms with van der Waals surface area (Å²) in [5, 5.41) is 13.6. The highest BCUT2D eigenvalue weighted by atomic mass is 32.2. The fourth-order valence-electron chi connectivity index (χ4n) is 4.35. The molecule has 2 N–H and O–H groups in total. The summed E-state index contributed by atoms with van der Waals surface area (Å²) in [5.41, 5.74) is 3.71. The van der Waals surface area contributed by atoms with E-state index in [1.165, 1.54) is 11.8 Å². The zero-order valence-electron chi connectivity index (χ0n) is 19.8. The Morgan fingerprint density at radius 1 is 1.06 bits per heavy atom. The number of aryl methyl sites for hydroxylation is 2. The van der Waals surface area contributed by atoms with Crippen LogP contribution in [0.25, 0.3) is 33.1 Å². The lowest BCUT2D eigenvalue weighted by atomic mass is 9.98. The number of aliphatic carboxylic acids is 1. The predicted molar refractivity (Wildman–Crippen MR) is 138 cm³/mol. The fourth-order valence-corrected chi connectivity index (χ4v) is 4.82. The van der Waals surface area contributed by atoms with Crippen LogP contribution in [0.1, 0.15) is 29.7 Å². The largest absolute Gasteiger partial charge is 0.480 e. The molecule has 2 aromatic carbocycles. The molecule has 182 valence electrons. The van der Waals surface area contributed by atoms with E-state index in [2.05, 4.69) is 5.32 Å². The summed E-state index contributed by atoms with van der Waals surface area (Å²) >= 11 is 1.52. The molecule has 0 saturated heterocycles. The molecule has 0 saturated carbocycles. The number of hydrogen-bond donors (Lipinski definition) is 2. The zero-order chi connectivity index (χ0) is 25.1. The van der Waals surface area contributed by atoms with E-state index >= 15 is 0 Å². The van der Waals surface area contributed by atoms with Crippen LogP contribution in [-0.4, -0.2) is 35.0 Å². The summed E-state index contributed by atoms with van der Waals surface area (Å²) in [6.45, 7) is 3.75. The standard InChI is InChI=1S/C27H27NO6S/c1-15-18(9-10-24(29)28-21(26(30)31)11-12-35-3)27(32)34-22-14-23-20(13-19(15)22)25(16(2)33-23)17-7-5-4-6-8-17/h4-8,13-14,21H,9-12H2,1-3H3,(H,28,29)(H,30,31)/t21-/m0/s1. The third-order valence-corrected chi connectivity index (χ3v) is 6.82. The number of carboxylic acid groups (broad SMARTS) is 1. The molecule has 2 aromatic heterocycles. The maximum atomic E-state index is 12.7. The molecule has 2 heterocycles. The highest BCUT2D eigenvalue weighted by Gasteiger charge is 2.21. The first-order valence-electron chi connectivity index (χ1n) is 11.4. The monoisotopic (exact) mass is 493 g/mol. The molecule has 1 atom stereocenters. The number of thioether (sulfide) groups is 1. The van der Waals surface area contributed by atoms with Crippen molar-refractivity contribution in [2.24, 2.45) is 0 Å². The van der Waals surface area contributed by atoms with Crippen LogP contribution in [0.3, 0.4) is 0 Å². The van der Waals surface area contributed by atoms with Crippen molar-refractivity contribution in [1.29, 1.82) is 0 Å². The molecule has 0 aliphatic heterocycles. The SMILES string of the molecule is CSCC[C@H](NC(=O)CCc1c(C)c2cc3c(-c4ccccc4)c(C)oc3cc2oc1=O)C(=O)O. The van der Waals surface area contributed by atoms with E-state index in [0.29, 0.717) is 28.9 Å². The second-order valence-corrected chi connectivity index (χ2v) is 9.46. The number of furan rings is 1. The van der Waals surface area contributed by atoms with Crippen molar-refractivity contribution >= 4 is 45.6 Å². The molecule has 0 aliphatic rings. The van der Waals surface area contributed by atoms with Gasteiger partial charge in [-0.2, -0.15) is 11.8 Å². The van der Waals surface area contributed by atoms with Gasteiger partial charge in [0, 0.05) is 34.4 Å². The van der Waals surface area contributed by atoms with Gasteiger partial charge in [0.2, 0.25) is 5.91 Å². The van der Waals surface area contributed by atoms with Crippen LogP contribution in [0, 0.1) is 13.8 Å². The van der Waals surface area contributed by atoms with E-state index in [1.54, 1.807) is 6.07 Å². The Bertz CT molecular complexity index is 1450. The lowest BCUT2D eigenvalue weighted by Crippen LogP contribution is -2.41. The summed E-state index contributed by atoms with van der Waals surface area (Å²) in [6, 6.07) is 12.7. The van der Waals surface area contributed by atoms with Gasteiger partial charge in [-0.1, -0.05) is 30.3 Å². The summed E-state index contributed by atoms with van der Waals surface area (Å²) < 4.78 is 11.6. The maximum absolute atomic E-state index is 12.7. The van der Waals surface area contributed by atoms with Gasteiger partial charge in [-0.3, -0.25) is 4.79 Å². The van der Waals surface area contributed by atoms with Crippen LogP contribution < -0.4 is 10.9 Å². The molecule has 0 unspecified atom stereocenters. The number of fused-ring (bicyclic) bond motifs is 2. The van der Waals surface area contributed by atoms with Crippen LogP contribution in [0.5, 0.6) is 0 Å².